The summed E-state index contributed by atoms with van der Waals surface area (Å²) < 4.78 is 0. The third-order valence-corrected chi connectivity index (χ3v) is 5.13. The number of rotatable bonds is 9. The lowest BCUT2D eigenvalue weighted by Gasteiger charge is -2.26. The van der Waals surface area contributed by atoms with Crippen LogP contribution >= 0.6 is 0 Å². The van der Waals surface area contributed by atoms with E-state index in [0.717, 1.165) is 19.6 Å². The van der Waals surface area contributed by atoms with Crippen molar-refractivity contribution in [1.82, 2.24) is 10.2 Å². The fourth-order valence-corrected chi connectivity index (χ4v) is 3.38. The number of carbonyl (C=O) groups excluding carboxylic acids is 1. The monoisotopic (exact) mass is 316 g/mol. The van der Waals surface area contributed by atoms with Crippen molar-refractivity contribution in [3.8, 4) is 0 Å². The van der Waals surface area contributed by atoms with E-state index in [4.69, 9.17) is 0 Å². The topological polar surface area (TPSA) is 32.3 Å². The summed E-state index contributed by atoms with van der Waals surface area (Å²) in [5, 5.41) is 3.15. The fraction of sp³-hybridized carbons (Fsp3) is 0.650. The summed E-state index contributed by atoms with van der Waals surface area (Å²) in [4.78, 5) is 14.8. The summed E-state index contributed by atoms with van der Waals surface area (Å²) in [6.07, 6.45) is 3.15. The molecule has 0 heterocycles. The number of hydrogen-bond acceptors (Lipinski definition) is 2. The Morgan fingerprint density at radius 1 is 1.22 bits per heavy atom. The number of aryl methyl sites for hydroxylation is 1. The zero-order chi connectivity index (χ0) is 16.8. The second-order valence-corrected chi connectivity index (χ2v) is 6.93. The molecule has 0 aliphatic heterocycles. The van der Waals surface area contributed by atoms with Gasteiger partial charge in [0.2, 0.25) is 5.91 Å². The van der Waals surface area contributed by atoms with Gasteiger partial charge in [-0.2, -0.15) is 0 Å². The largest absolute Gasteiger partial charge is 0.355 e. The summed E-state index contributed by atoms with van der Waals surface area (Å²) in [7, 11) is 0. The Kier molecular flexibility index (Phi) is 6.64. The first-order chi connectivity index (χ1) is 11.0. The van der Waals surface area contributed by atoms with Crippen LogP contribution < -0.4 is 5.32 Å². The van der Waals surface area contributed by atoms with Crippen LogP contribution in [0.1, 0.15) is 57.1 Å². The molecule has 1 saturated carbocycles. The lowest BCUT2D eigenvalue weighted by Crippen LogP contribution is -2.42. The fourth-order valence-electron chi connectivity index (χ4n) is 3.38. The van der Waals surface area contributed by atoms with Crippen molar-refractivity contribution in [2.45, 2.75) is 58.9 Å². The molecular formula is C20H32N2O. The maximum Gasteiger partial charge on any atom is 0.220 e. The average Bonchev–Trinajstić information content (AvgIpc) is 3.37. The van der Waals surface area contributed by atoms with Gasteiger partial charge in [-0.15, -0.1) is 0 Å². The highest BCUT2D eigenvalue weighted by Gasteiger charge is 2.33. The van der Waals surface area contributed by atoms with E-state index in [1.54, 1.807) is 0 Å². The predicted octanol–water partition coefficient (Wildman–Crippen LogP) is 3.73. The Morgan fingerprint density at radius 2 is 1.83 bits per heavy atom. The lowest BCUT2D eigenvalue weighted by molar-refractivity contribution is -0.121. The van der Waals surface area contributed by atoms with Crippen molar-refractivity contribution in [3.05, 3.63) is 35.4 Å². The Morgan fingerprint density at radius 3 is 2.35 bits per heavy atom. The van der Waals surface area contributed by atoms with E-state index in [1.807, 2.05) is 0 Å². The van der Waals surface area contributed by atoms with Gasteiger partial charge in [0.05, 0.1) is 0 Å². The maximum atomic E-state index is 12.4. The van der Waals surface area contributed by atoms with E-state index >= 15 is 0 Å². The van der Waals surface area contributed by atoms with E-state index in [-0.39, 0.29) is 5.91 Å². The molecule has 0 aromatic heterocycles. The van der Waals surface area contributed by atoms with Crippen LogP contribution in [0.3, 0.4) is 0 Å². The van der Waals surface area contributed by atoms with Crippen LogP contribution in [0.15, 0.2) is 24.3 Å². The SMILES string of the molecule is CCN(CC)C(C)CNC(=O)CC(c1ccc(C)cc1)C1CC1. The zero-order valence-corrected chi connectivity index (χ0v) is 15.1. The van der Waals surface area contributed by atoms with Crippen molar-refractivity contribution in [2.24, 2.45) is 5.92 Å². The lowest BCUT2D eigenvalue weighted by atomic mass is 9.90. The predicted molar refractivity (Wildman–Crippen MR) is 96.7 cm³/mol. The molecule has 0 saturated heterocycles. The van der Waals surface area contributed by atoms with Gasteiger partial charge >= 0.3 is 0 Å². The molecule has 1 aliphatic rings. The standard InChI is InChI=1S/C20H32N2O/c1-5-22(6-2)16(4)14-21-20(23)13-19(18-11-12-18)17-9-7-15(3)8-10-17/h7-10,16,18-19H,5-6,11-14H2,1-4H3,(H,21,23). The van der Waals surface area contributed by atoms with Gasteiger partial charge in [-0.3, -0.25) is 9.69 Å². The van der Waals surface area contributed by atoms with Crippen molar-refractivity contribution in [2.75, 3.05) is 19.6 Å². The van der Waals surface area contributed by atoms with Crippen LogP contribution in [0.2, 0.25) is 0 Å². The van der Waals surface area contributed by atoms with Gasteiger partial charge in [0, 0.05) is 19.0 Å². The van der Waals surface area contributed by atoms with Crippen molar-refractivity contribution < 1.29 is 4.79 Å². The molecule has 1 aliphatic carbocycles. The van der Waals surface area contributed by atoms with E-state index in [0.29, 0.717) is 24.3 Å². The molecule has 2 rings (SSSR count). The molecule has 1 aromatic carbocycles. The van der Waals surface area contributed by atoms with Gasteiger partial charge in [-0.05, 0) is 57.2 Å². The Labute approximate surface area is 141 Å². The number of nitrogens with zero attached hydrogens (tertiary/aromatic N) is 1. The molecule has 2 atom stereocenters. The average molecular weight is 316 g/mol. The van der Waals surface area contributed by atoms with Crippen LogP contribution in [-0.4, -0.2) is 36.5 Å². The van der Waals surface area contributed by atoms with Gasteiger partial charge in [-0.25, -0.2) is 0 Å². The molecule has 2 unspecified atom stereocenters. The van der Waals surface area contributed by atoms with E-state index < -0.39 is 0 Å². The summed E-state index contributed by atoms with van der Waals surface area (Å²) in [6.45, 7) is 11.4. The van der Waals surface area contributed by atoms with E-state index in [9.17, 15) is 4.79 Å². The zero-order valence-electron chi connectivity index (χ0n) is 15.1. The van der Waals surface area contributed by atoms with Crippen LogP contribution in [0.5, 0.6) is 0 Å². The first-order valence-electron chi connectivity index (χ1n) is 9.12. The molecular weight excluding hydrogens is 284 g/mol. The number of benzene rings is 1. The number of hydrogen-bond donors (Lipinski definition) is 1. The van der Waals surface area contributed by atoms with Crippen molar-refractivity contribution in [1.29, 1.82) is 0 Å². The molecule has 1 amide bonds. The van der Waals surface area contributed by atoms with Gasteiger partial charge in [0.25, 0.3) is 0 Å². The van der Waals surface area contributed by atoms with Crippen LogP contribution in [0, 0.1) is 12.8 Å². The van der Waals surface area contributed by atoms with Crippen molar-refractivity contribution in [3.63, 3.8) is 0 Å². The Hall–Kier alpha value is -1.35. The van der Waals surface area contributed by atoms with Crippen LogP contribution in [0.25, 0.3) is 0 Å². The van der Waals surface area contributed by atoms with Gasteiger partial charge in [0.15, 0.2) is 0 Å². The summed E-state index contributed by atoms with van der Waals surface area (Å²) in [6, 6.07) is 9.11. The molecule has 3 nitrogen and oxygen atoms in total. The highest BCUT2D eigenvalue weighted by atomic mass is 16.1. The Balaban J connectivity index is 1.88. The number of likely N-dealkylation sites (N-methyl/N-ethyl adjacent to an activating group) is 1. The minimum atomic E-state index is 0.196. The quantitative estimate of drug-likeness (QED) is 0.753. The molecule has 0 radical (unpaired) electrons. The summed E-state index contributed by atoms with van der Waals surface area (Å²) >= 11 is 0. The summed E-state index contributed by atoms with van der Waals surface area (Å²) in [5.74, 6) is 1.28. The van der Waals surface area contributed by atoms with Crippen LogP contribution in [-0.2, 0) is 4.79 Å². The molecule has 3 heteroatoms. The van der Waals surface area contributed by atoms with E-state index in [2.05, 4.69) is 62.2 Å². The first kappa shape index (κ1) is 18.0. The second kappa shape index (κ2) is 8.49. The van der Waals surface area contributed by atoms with Crippen molar-refractivity contribution >= 4 is 5.91 Å². The molecule has 1 N–H and O–H groups in total. The third-order valence-electron chi connectivity index (χ3n) is 5.13. The number of nitrogens with one attached hydrogen (secondary N) is 1. The Bertz CT molecular complexity index is 489. The first-order valence-corrected chi connectivity index (χ1v) is 9.12. The maximum absolute atomic E-state index is 12.4. The highest BCUT2D eigenvalue weighted by Crippen LogP contribution is 2.44. The highest BCUT2D eigenvalue weighted by molar-refractivity contribution is 5.77. The minimum Gasteiger partial charge on any atom is -0.355 e. The molecule has 1 aromatic rings. The third kappa shape index (κ3) is 5.35. The molecule has 1 fully saturated rings. The molecule has 0 bridgehead atoms. The van der Waals surface area contributed by atoms with Gasteiger partial charge in [-0.1, -0.05) is 43.7 Å². The summed E-state index contributed by atoms with van der Waals surface area (Å²) in [5.41, 5.74) is 2.60. The van der Waals surface area contributed by atoms with E-state index in [1.165, 1.54) is 24.0 Å². The molecule has 23 heavy (non-hydrogen) atoms. The molecule has 0 spiro atoms. The van der Waals surface area contributed by atoms with Gasteiger partial charge in [0.1, 0.15) is 0 Å². The van der Waals surface area contributed by atoms with Gasteiger partial charge < -0.3 is 5.32 Å². The normalized spacial score (nSPS) is 17.1. The van der Waals surface area contributed by atoms with Crippen LogP contribution in [0.4, 0.5) is 0 Å². The second-order valence-electron chi connectivity index (χ2n) is 6.93. The number of carbonyl (C=O) groups is 1. The minimum absolute atomic E-state index is 0.196. The smallest absolute Gasteiger partial charge is 0.220 e. The number of amides is 1. The molecule has 128 valence electrons.